The summed E-state index contributed by atoms with van der Waals surface area (Å²) in [4.78, 5) is 27.7. The molecule has 1 aromatic rings. The van der Waals surface area contributed by atoms with Crippen molar-refractivity contribution in [2.75, 3.05) is 12.4 Å². The predicted octanol–water partition coefficient (Wildman–Crippen LogP) is -0.257. The summed E-state index contributed by atoms with van der Waals surface area (Å²) >= 11 is 0. The first kappa shape index (κ1) is 10.2. The quantitative estimate of drug-likeness (QED) is 0.652. The van der Waals surface area contributed by atoms with E-state index in [2.05, 4.69) is 20.0 Å². The van der Waals surface area contributed by atoms with Gasteiger partial charge in [0, 0.05) is 6.20 Å². The third-order valence-corrected chi connectivity index (χ3v) is 1.60. The molecule has 76 valence electrons. The Balaban J connectivity index is 2.69. The van der Waals surface area contributed by atoms with Crippen molar-refractivity contribution in [1.82, 2.24) is 9.97 Å². The Morgan fingerprint density at radius 2 is 2.43 bits per heavy atom. The Bertz CT molecular complexity index is 374. The van der Waals surface area contributed by atoms with Gasteiger partial charge in [-0.25, -0.2) is 14.6 Å². The van der Waals surface area contributed by atoms with Gasteiger partial charge in [0.25, 0.3) is 0 Å². The smallest absolute Gasteiger partial charge is 0.346 e. The Morgan fingerprint density at radius 3 is 3.00 bits per heavy atom. The van der Waals surface area contributed by atoms with Crippen LogP contribution in [0.2, 0.25) is 0 Å². The van der Waals surface area contributed by atoms with Gasteiger partial charge in [-0.15, -0.1) is 0 Å². The molecule has 0 aliphatic carbocycles. The van der Waals surface area contributed by atoms with Crippen LogP contribution < -0.4 is 11.0 Å². The van der Waals surface area contributed by atoms with E-state index in [0.717, 1.165) is 0 Å². The molecule has 0 amide bonds. The predicted molar refractivity (Wildman–Crippen MR) is 50.0 cm³/mol. The summed E-state index contributed by atoms with van der Waals surface area (Å²) in [5, 5.41) is 2.76. The minimum absolute atomic E-state index is 0.400. The molecule has 0 aromatic carbocycles. The number of aromatic nitrogens is 2. The minimum atomic E-state index is -0.516. The van der Waals surface area contributed by atoms with Crippen molar-refractivity contribution in [2.24, 2.45) is 0 Å². The van der Waals surface area contributed by atoms with Crippen molar-refractivity contribution < 1.29 is 9.53 Å². The molecule has 1 unspecified atom stereocenters. The topological polar surface area (TPSA) is 84.1 Å². The van der Waals surface area contributed by atoms with E-state index in [0.29, 0.717) is 5.82 Å². The average molecular weight is 197 g/mol. The second-order valence-corrected chi connectivity index (χ2v) is 2.68. The zero-order valence-electron chi connectivity index (χ0n) is 7.90. The van der Waals surface area contributed by atoms with Crippen molar-refractivity contribution in [1.29, 1.82) is 0 Å². The number of anilines is 1. The second-order valence-electron chi connectivity index (χ2n) is 2.68. The van der Waals surface area contributed by atoms with Crippen LogP contribution in [0.1, 0.15) is 6.92 Å². The van der Waals surface area contributed by atoms with Crippen LogP contribution in [0, 0.1) is 0 Å². The first-order chi connectivity index (χ1) is 6.63. The van der Waals surface area contributed by atoms with Crippen LogP contribution in [0.15, 0.2) is 17.1 Å². The number of rotatable bonds is 3. The zero-order chi connectivity index (χ0) is 10.6. The summed E-state index contributed by atoms with van der Waals surface area (Å²) in [6.45, 7) is 1.63. The molecule has 14 heavy (non-hydrogen) atoms. The van der Waals surface area contributed by atoms with Gasteiger partial charge in [0.15, 0.2) is 0 Å². The number of aromatic amines is 1. The van der Waals surface area contributed by atoms with Crippen molar-refractivity contribution in [2.45, 2.75) is 13.0 Å². The number of esters is 1. The van der Waals surface area contributed by atoms with Gasteiger partial charge >= 0.3 is 11.7 Å². The molecule has 2 N–H and O–H groups in total. The number of carbonyl (C=O) groups excluding carboxylic acids is 1. The molecular formula is C8H11N3O3. The number of H-pyrrole nitrogens is 1. The normalized spacial score (nSPS) is 11.9. The van der Waals surface area contributed by atoms with Crippen LogP contribution in [0.5, 0.6) is 0 Å². The first-order valence-corrected chi connectivity index (χ1v) is 4.03. The molecule has 1 heterocycles. The molecule has 6 nitrogen and oxygen atoms in total. The summed E-state index contributed by atoms with van der Waals surface area (Å²) in [5.74, 6) is 0.0329. The van der Waals surface area contributed by atoms with Crippen LogP contribution >= 0.6 is 0 Å². The lowest BCUT2D eigenvalue weighted by molar-refractivity contribution is -0.141. The van der Waals surface area contributed by atoms with Crippen LogP contribution in [0.25, 0.3) is 0 Å². The number of hydrogen-bond donors (Lipinski definition) is 2. The van der Waals surface area contributed by atoms with Gasteiger partial charge in [0.1, 0.15) is 11.9 Å². The molecule has 1 aromatic heterocycles. The first-order valence-electron chi connectivity index (χ1n) is 4.03. The molecule has 0 bridgehead atoms. The van der Waals surface area contributed by atoms with E-state index in [4.69, 9.17) is 0 Å². The maximum atomic E-state index is 11.0. The minimum Gasteiger partial charge on any atom is -0.467 e. The number of ether oxygens (including phenoxy) is 1. The number of methoxy groups -OCH3 is 1. The molecule has 6 heteroatoms. The zero-order valence-corrected chi connectivity index (χ0v) is 7.90. The molecule has 1 atom stereocenters. The highest BCUT2D eigenvalue weighted by molar-refractivity contribution is 5.78. The van der Waals surface area contributed by atoms with Crippen molar-refractivity contribution >= 4 is 11.8 Å². The van der Waals surface area contributed by atoms with Crippen LogP contribution in [0.3, 0.4) is 0 Å². The Kier molecular flexibility index (Phi) is 3.22. The van der Waals surface area contributed by atoms with Crippen molar-refractivity contribution in [3.63, 3.8) is 0 Å². The molecule has 0 aliphatic rings. The maximum Gasteiger partial charge on any atom is 0.346 e. The molecule has 0 saturated heterocycles. The molecule has 0 fully saturated rings. The lowest BCUT2D eigenvalue weighted by Gasteiger charge is -2.11. The number of hydrogen-bond acceptors (Lipinski definition) is 5. The van der Waals surface area contributed by atoms with Gasteiger partial charge in [-0.3, -0.25) is 4.98 Å². The average Bonchev–Trinajstić information content (AvgIpc) is 2.16. The number of nitrogens with one attached hydrogen (secondary N) is 2. The summed E-state index contributed by atoms with van der Waals surface area (Å²) < 4.78 is 4.51. The van der Waals surface area contributed by atoms with Gasteiger partial charge in [0.2, 0.25) is 0 Å². The van der Waals surface area contributed by atoms with Gasteiger partial charge in [0.05, 0.1) is 7.11 Å². The third kappa shape index (κ3) is 2.58. The number of carbonyl (C=O) groups is 1. The van der Waals surface area contributed by atoms with Crippen LogP contribution in [-0.2, 0) is 9.53 Å². The molecule has 0 aliphatic heterocycles. The summed E-state index contributed by atoms with van der Waals surface area (Å²) in [6, 6.07) is 1.04. The van der Waals surface area contributed by atoms with Gasteiger partial charge in [-0.05, 0) is 13.0 Å². The highest BCUT2D eigenvalue weighted by Gasteiger charge is 2.12. The van der Waals surface area contributed by atoms with E-state index >= 15 is 0 Å². The molecule has 0 saturated carbocycles. The van der Waals surface area contributed by atoms with E-state index in [1.54, 1.807) is 13.0 Å². The molecular weight excluding hydrogens is 186 g/mol. The Hall–Kier alpha value is -1.85. The fraction of sp³-hybridized carbons (Fsp3) is 0.375. The third-order valence-electron chi connectivity index (χ3n) is 1.60. The maximum absolute atomic E-state index is 11.0. The van der Waals surface area contributed by atoms with Gasteiger partial charge in [-0.1, -0.05) is 0 Å². The van der Waals surface area contributed by atoms with E-state index < -0.39 is 17.7 Å². The second kappa shape index (κ2) is 4.40. The van der Waals surface area contributed by atoms with E-state index in [9.17, 15) is 9.59 Å². The molecule has 0 spiro atoms. The highest BCUT2D eigenvalue weighted by atomic mass is 16.5. The fourth-order valence-electron chi connectivity index (χ4n) is 0.922. The highest BCUT2D eigenvalue weighted by Crippen LogP contribution is 2.00. The van der Waals surface area contributed by atoms with Crippen LogP contribution in [-0.4, -0.2) is 29.1 Å². The van der Waals surface area contributed by atoms with E-state index in [1.165, 1.54) is 13.3 Å². The molecule has 1 rings (SSSR count). The Labute approximate surface area is 80.3 Å². The van der Waals surface area contributed by atoms with Crippen molar-refractivity contribution in [3.8, 4) is 0 Å². The van der Waals surface area contributed by atoms with Gasteiger partial charge in [-0.2, -0.15) is 0 Å². The molecule has 0 radical (unpaired) electrons. The van der Waals surface area contributed by atoms with Gasteiger partial charge < -0.3 is 10.1 Å². The van der Waals surface area contributed by atoms with Crippen LogP contribution in [0.4, 0.5) is 5.82 Å². The standard InChI is InChI=1S/C8H11N3O3/c1-5(7(12)14-2)10-6-3-4-9-8(13)11-6/h3-5H,1-2H3,(H2,9,10,11,13). The monoisotopic (exact) mass is 197 g/mol. The number of nitrogens with zero attached hydrogens (tertiary/aromatic N) is 1. The van der Waals surface area contributed by atoms with E-state index in [-0.39, 0.29) is 0 Å². The lowest BCUT2D eigenvalue weighted by Crippen LogP contribution is -2.28. The Morgan fingerprint density at radius 1 is 1.71 bits per heavy atom. The summed E-state index contributed by atoms with van der Waals surface area (Å²) in [6.07, 6.45) is 1.35. The lowest BCUT2D eigenvalue weighted by atomic mass is 10.3. The fourth-order valence-corrected chi connectivity index (χ4v) is 0.922. The SMILES string of the molecule is COC(=O)C(C)Nc1ccnc(=O)[nH]1. The summed E-state index contributed by atoms with van der Waals surface area (Å²) in [7, 11) is 1.30. The largest absolute Gasteiger partial charge is 0.467 e. The van der Waals surface area contributed by atoms with Crippen molar-refractivity contribution in [3.05, 3.63) is 22.7 Å². The van der Waals surface area contributed by atoms with E-state index in [1.807, 2.05) is 0 Å². The summed E-state index contributed by atoms with van der Waals surface area (Å²) in [5.41, 5.74) is -0.466.